The maximum absolute atomic E-state index is 13.5. The van der Waals surface area contributed by atoms with Crippen LogP contribution in [-0.2, 0) is 11.3 Å². The van der Waals surface area contributed by atoms with Crippen molar-refractivity contribution >= 4 is 51.3 Å². The maximum atomic E-state index is 13.5. The molecule has 5 aromatic rings. The Labute approximate surface area is 238 Å². The number of hydrogen-bond donors (Lipinski definition) is 0. The molecule has 0 unspecified atom stereocenters. The molecule has 0 atom stereocenters. The van der Waals surface area contributed by atoms with Crippen molar-refractivity contribution in [3.8, 4) is 34.4 Å². The van der Waals surface area contributed by atoms with E-state index in [0.717, 1.165) is 22.2 Å². The van der Waals surface area contributed by atoms with E-state index in [1.165, 1.54) is 11.8 Å². The minimum Gasteiger partial charge on any atom is -0.493 e. The van der Waals surface area contributed by atoms with Gasteiger partial charge < -0.3 is 18.6 Å². The van der Waals surface area contributed by atoms with Gasteiger partial charge in [0.05, 0.1) is 24.2 Å². The highest BCUT2D eigenvalue weighted by Crippen LogP contribution is 2.39. The quantitative estimate of drug-likeness (QED) is 0.172. The van der Waals surface area contributed by atoms with Crippen LogP contribution in [0.1, 0.15) is 11.1 Å². The van der Waals surface area contributed by atoms with Crippen molar-refractivity contribution in [3.05, 3.63) is 95.0 Å². The minimum absolute atomic E-state index is 0.169. The second-order valence-electron chi connectivity index (χ2n) is 9.16. The fourth-order valence-corrected chi connectivity index (χ4v) is 5.96. The molecular formula is C30H21N3O5S2. The Kier molecular flexibility index (Phi) is 6.06. The predicted molar refractivity (Wildman–Crippen MR) is 157 cm³/mol. The van der Waals surface area contributed by atoms with Gasteiger partial charge >= 0.3 is 0 Å². The first-order valence-electron chi connectivity index (χ1n) is 12.4. The lowest BCUT2D eigenvalue weighted by Gasteiger charge is -2.14. The van der Waals surface area contributed by atoms with Crippen LogP contribution in [0.25, 0.3) is 34.2 Å². The number of furan rings is 1. The molecule has 3 aromatic carbocycles. The topological polar surface area (TPSA) is 79.0 Å². The van der Waals surface area contributed by atoms with Crippen molar-refractivity contribution in [1.82, 2.24) is 14.7 Å². The van der Waals surface area contributed by atoms with E-state index < -0.39 is 0 Å². The Morgan fingerprint density at radius 3 is 2.75 bits per heavy atom. The number of carbonyl (C=O) groups excluding carboxylic acids is 1. The SMILES string of the molecule is COc1cccc2cc(-c3nn(-c4ccccc4)cc3C=C3SC(=S)N(Cc4ccc5c(c4)OCO5)C3=O)oc12. The number of hydrogen-bond acceptors (Lipinski definition) is 8. The van der Waals surface area contributed by atoms with E-state index in [4.69, 9.17) is 35.9 Å². The Bertz CT molecular complexity index is 1830. The maximum Gasteiger partial charge on any atom is 0.266 e. The zero-order chi connectivity index (χ0) is 27.2. The molecule has 1 saturated heterocycles. The summed E-state index contributed by atoms with van der Waals surface area (Å²) in [5.41, 5.74) is 3.74. The number of ether oxygens (including phenoxy) is 3. The fraction of sp³-hybridized carbons (Fsp3) is 0.100. The number of aromatic nitrogens is 2. The van der Waals surface area contributed by atoms with Gasteiger partial charge in [-0.25, -0.2) is 4.68 Å². The smallest absolute Gasteiger partial charge is 0.266 e. The van der Waals surface area contributed by atoms with Gasteiger partial charge in [0.25, 0.3) is 5.91 Å². The molecule has 1 amide bonds. The van der Waals surface area contributed by atoms with E-state index >= 15 is 0 Å². The molecule has 2 aliphatic heterocycles. The van der Waals surface area contributed by atoms with Gasteiger partial charge in [-0.2, -0.15) is 5.10 Å². The summed E-state index contributed by atoms with van der Waals surface area (Å²) in [6.07, 6.45) is 3.71. The molecule has 7 rings (SSSR count). The summed E-state index contributed by atoms with van der Waals surface area (Å²) >= 11 is 6.87. The average molecular weight is 568 g/mol. The van der Waals surface area contributed by atoms with Crippen molar-refractivity contribution in [2.75, 3.05) is 13.9 Å². The van der Waals surface area contributed by atoms with Crippen molar-refractivity contribution in [2.45, 2.75) is 6.54 Å². The molecular weight excluding hydrogens is 546 g/mol. The molecule has 2 aromatic heterocycles. The van der Waals surface area contributed by atoms with Crippen LogP contribution in [0.15, 0.2) is 88.3 Å². The van der Waals surface area contributed by atoms with E-state index in [2.05, 4.69) is 0 Å². The second kappa shape index (κ2) is 9.89. The standard InChI is InChI=1S/C30H21N3O5S2/c1-35-23-9-5-6-19-13-25(38-28(19)23)27-20(16-33(31-27)21-7-3-2-4-8-21)14-26-29(34)32(30(39)40-26)15-18-10-11-22-24(12-18)37-17-36-22/h2-14,16H,15,17H2,1H3. The zero-order valence-corrected chi connectivity index (χ0v) is 22.8. The van der Waals surface area contributed by atoms with Gasteiger partial charge in [-0.05, 0) is 48.0 Å². The van der Waals surface area contributed by atoms with Gasteiger partial charge in [0.2, 0.25) is 6.79 Å². The number of benzene rings is 3. The first kappa shape index (κ1) is 24.5. The van der Waals surface area contributed by atoms with Crippen LogP contribution in [0.4, 0.5) is 0 Å². The number of para-hydroxylation sites is 2. The summed E-state index contributed by atoms with van der Waals surface area (Å²) in [4.78, 5) is 15.6. The van der Waals surface area contributed by atoms with Gasteiger partial charge in [0, 0.05) is 17.1 Å². The van der Waals surface area contributed by atoms with Crippen molar-refractivity contribution in [2.24, 2.45) is 0 Å². The normalized spacial score (nSPS) is 15.5. The molecule has 0 radical (unpaired) electrons. The highest BCUT2D eigenvalue weighted by Gasteiger charge is 2.33. The fourth-order valence-electron chi connectivity index (χ4n) is 4.71. The van der Waals surface area contributed by atoms with E-state index in [-0.39, 0.29) is 12.7 Å². The Morgan fingerprint density at radius 2 is 1.90 bits per heavy atom. The van der Waals surface area contributed by atoms with E-state index in [9.17, 15) is 4.79 Å². The first-order chi connectivity index (χ1) is 19.6. The highest BCUT2D eigenvalue weighted by atomic mass is 32.2. The van der Waals surface area contributed by atoms with Gasteiger partial charge in [-0.3, -0.25) is 9.69 Å². The zero-order valence-electron chi connectivity index (χ0n) is 21.2. The number of rotatable bonds is 6. The monoisotopic (exact) mass is 567 g/mol. The summed E-state index contributed by atoms with van der Waals surface area (Å²) in [6, 6.07) is 23.1. The van der Waals surface area contributed by atoms with Crippen LogP contribution >= 0.6 is 24.0 Å². The van der Waals surface area contributed by atoms with Crippen molar-refractivity contribution in [1.29, 1.82) is 0 Å². The lowest BCUT2D eigenvalue weighted by atomic mass is 10.1. The van der Waals surface area contributed by atoms with Crippen LogP contribution in [0, 0.1) is 0 Å². The Hall–Kier alpha value is -4.54. The third-order valence-electron chi connectivity index (χ3n) is 6.66. The number of carbonyl (C=O) groups is 1. The van der Waals surface area contributed by atoms with Crippen LogP contribution in [-0.4, -0.2) is 38.8 Å². The summed E-state index contributed by atoms with van der Waals surface area (Å²) in [5, 5.41) is 5.75. The highest BCUT2D eigenvalue weighted by molar-refractivity contribution is 8.26. The van der Waals surface area contributed by atoms with E-state index in [1.54, 1.807) is 16.7 Å². The summed E-state index contributed by atoms with van der Waals surface area (Å²) in [7, 11) is 1.61. The molecule has 1 fully saturated rings. The molecule has 0 N–H and O–H groups in total. The molecule has 4 heterocycles. The lowest BCUT2D eigenvalue weighted by Crippen LogP contribution is -2.27. The average Bonchev–Trinajstić information content (AvgIpc) is 3.76. The Morgan fingerprint density at radius 1 is 1.05 bits per heavy atom. The number of thioether (sulfide) groups is 1. The molecule has 0 spiro atoms. The van der Waals surface area contributed by atoms with Crippen molar-refractivity contribution < 1.29 is 23.4 Å². The second-order valence-corrected chi connectivity index (χ2v) is 10.8. The summed E-state index contributed by atoms with van der Waals surface area (Å²) in [5.74, 6) is 2.39. The van der Waals surface area contributed by atoms with Gasteiger partial charge in [-0.1, -0.05) is 60.4 Å². The number of amides is 1. The summed E-state index contributed by atoms with van der Waals surface area (Å²) < 4.78 is 24.9. The van der Waals surface area contributed by atoms with Crippen LogP contribution in [0.5, 0.6) is 17.2 Å². The molecule has 198 valence electrons. The van der Waals surface area contributed by atoms with Gasteiger partial charge in [-0.15, -0.1) is 0 Å². The van der Waals surface area contributed by atoms with E-state index in [0.29, 0.717) is 50.1 Å². The van der Waals surface area contributed by atoms with Crippen LogP contribution in [0.2, 0.25) is 0 Å². The number of nitrogens with zero attached hydrogens (tertiary/aromatic N) is 3. The molecule has 8 nitrogen and oxygen atoms in total. The van der Waals surface area contributed by atoms with Crippen LogP contribution < -0.4 is 14.2 Å². The molecule has 10 heteroatoms. The molecule has 40 heavy (non-hydrogen) atoms. The molecule has 0 bridgehead atoms. The van der Waals surface area contributed by atoms with Gasteiger partial charge in [0.1, 0.15) is 10.0 Å². The van der Waals surface area contributed by atoms with Crippen molar-refractivity contribution in [3.63, 3.8) is 0 Å². The molecule has 2 aliphatic rings. The third kappa shape index (κ3) is 4.31. The number of fused-ring (bicyclic) bond motifs is 2. The predicted octanol–water partition coefficient (Wildman–Crippen LogP) is 6.42. The Balaban J connectivity index is 1.26. The number of thiocarbonyl (C=S) groups is 1. The van der Waals surface area contributed by atoms with E-state index in [1.807, 2.05) is 85.1 Å². The molecule has 0 saturated carbocycles. The largest absolute Gasteiger partial charge is 0.493 e. The lowest BCUT2D eigenvalue weighted by molar-refractivity contribution is -0.122. The first-order valence-corrected chi connectivity index (χ1v) is 13.7. The third-order valence-corrected chi connectivity index (χ3v) is 8.04. The summed E-state index contributed by atoms with van der Waals surface area (Å²) in [6.45, 7) is 0.526. The molecule has 0 aliphatic carbocycles. The van der Waals surface area contributed by atoms with Crippen LogP contribution in [0.3, 0.4) is 0 Å². The number of methoxy groups -OCH3 is 1. The van der Waals surface area contributed by atoms with Gasteiger partial charge in [0.15, 0.2) is 28.6 Å². The minimum atomic E-state index is -0.169.